The van der Waals surface area contributed by atoms with Crippen molar-refractivity contribution in [1.82, 2.24) is 0 Å². The van der Waals surface area contributed by atoms with Gasteiger partial charge >= 0.3 is 11.9 Å². The predicted molar refractivity (Wildman–Crippen MR) is 92.2 cm³/mol. The first-order chi connectivity index (χ1) is 12.1. The van der Waals surface area contributed by atoms with Crippen LogP contribution in [0, 0.1) is 5.92 Å². The second-order valence-corrected chi connectivity index (χ2v) is 8.41. The van der Waals surface area contributed by atoms with Gasteiger partial charge in [-0.05, 0) is 46.6 Å². The van der Waals surface area contributed by atoms with E-state index in [2.05, 4.69) is 6.58 Å². The van der Waals surface area contributed by atoms with Crippen molar-refractivity contribution in [2.24, 2.45) is 5.92 Å². The molecule has 4 rings (SSSR count). The molecular weight excluding hydrogens is 336 g/mol. The Morgan fingerprint density at radius 1 is 1.35 bits per heavy atom. The number of epoxide rings is 2. The topological polar surface area (TPSA) is 77.7 Å². The van der Waals surface area contributed by atoms with Crippen LogP contribution < -0.4 is 0 Å². The van der Waals surface area contributed by atoms with E-state index in [9.17, 15) is 9.59 Å². The van der Waals surface area contributed by atoms with Gasteiger partial charge in [0.1, 0.15) is 12.2 Å². The number of rotatable bonds is 2. The lowest BCUT2D eigenvalue weighted by Gasteiger charge is -2.29. The van der Waals surface area contributed by atoms with Crippen LogP contribution in [-0.4, -0.2) is 47.6 Å². The monoisotopic (exact) mass is 362 g/mol. The Morgan fingerprint density at radius 3 is 2.69 bits per heavy atom. The van der Waals surface area contributed by atoms with Crippen LogP contribution in [0.5, 0.6) is 0 Å². The molecule has 3 heterocycles. The molecule has 4 aliphatic rings. The van der Waals surface area contributed by atoms with Gasteiger partial charge in [0.25, 0.3) is 0 Å². The molecule has 0 radical (unpaired) electrons. The number of esters is 2. The van der Waals surface area contributed by atoms with Crippen molar-refractivity contribution in [2.75, 3.05) is 0 Å². The van der Waals surface area contributed by atoms with Gasteiger partial charge in [0, 0.05) is 12.0 Å². The van der Waals surface area contributed by atoms with Crippen LogP contribution in [0.4, 0.5) is 0 Å². The van der Waals surface area contributed by atoms with E-state index in [1.54, 1.807) is 6.92 Å². The van der Waals surface area contributed by atoms with E-state index in [-0.39, 0.29) is 17.8 Å². The Hall–Kier alpha value is -1.66. The van der Waals surface area contributed by atoms with Crippen LogP contribution >= 0.6 is 0 Å². The molecule has 6 heteroatoms. The van der Waals surface area contributed by atoms with Crippen molar-refractivity contribution in [2.45, 2.75) is 82.6 Å². The zero-order valence-corrected chi connectivity index (χ0v) is 15.7. The van der Waals surface area contributed by atoms with Gasteiger partial charge in [0.2, 0.25) is 0 Å². The van der Waals surface area contributed by atoms with E-state index in [0.717, 1.165) is 18.4 Å². The number of carbonyl (C=O) groups excluding carboxylic acids is 2. The maximum atomic E-state index is 12.7. The number of carbonyl (C=O) groups is 2. The van der Waals surface area contributed by atoms with E-state index in [4.69, 9.17) is 18.9 Å². The Morgan fingerprint density at radius 2 is 2.04 bits per heavy atom. The fourth-order valence-corrected chi connectivity index (χ4v) is 4.18. The summed E-state index contributed by atoms with van der Waals surface area (Å²) in [5.41, 5.74) is 0.230. The second-order valence-electron chi connectivity index (χ2n) is 8.41. The van der Waals surface area contributed by atoms with Crippen molar-refractivity contribution >= 4 is 11.9 Å². The lowest BCUT2D eigenvalue weighted by atomic mass is 9.82. The molecule has 3 fully saturated rings. The second kappa shape index (κ2) is 5.67. The molecule has 3 saturated heterocycles. The van der Waals surface area contributed by atoms with Crippen LogP contribution in [0.15, 0.2) is 23.8 Å². The number of hydrogen-bond donors (Lipinski definition) is 0. The maximum absolute atomic E-state index is 12.7. The quantitative estimate of drug-likeness (QED) is 0.325. The SMILES string of the molecule is C=C1C(=O)OC2C=C(C)CCC3OC3(C)CC(OC(=O)C3(C)OC3C)C12. The number of fused-ring (bicyclic) bond motifs is 2. The van der Waals surface area contributed by atoms with E-state index < -0.39 is 35.7 Å². The summed E-state index contributed by atoms with van der Waals surface area (Å²) in [6, 6.07) is 0. The van der Waals surface area contributed by atoms with Crippen LogP contribution in [0.2, 0.25) is 0 Å². The predicted octanol–water partition coefficient (Wildman–Crippen LogP) is 2.46. The first-order valence-electron chi connectivity index (χ1n) is 9.28. The molecule has 0 spiro atoms. The molecule has 26 heavy (non-hydrogen) atoms. The van der Waals surface area contributed by atoms with E-state index >= 15 is 0 Å². The van der Waals surface area contributed by atoms with Gasteiger partial charge in [-0.2, -0.15) is 0 Å². The fourth-order valence-electron chi connectivity index (χ4n) is 4.18. The molecule has 0 aromatic carbocycles. The highest BCUT2D eigenvalue weighted by molar-refractivity contribution is 5.91. The van der Waals surface area contributed by atoms with Gasteiger partial charge < -0.3 is 18.9 Å². The van der Waals surface area contributed by atoms with Crippen molar-refractivity contribution in [3.8, 4) is 0 Å². The maximum Gasteiger partial charge on any atom is 0.341 e. The highest BCUT2D eigenvalue weighted by Gasteiger charge is 2.60. The average molecular weight is 362 g/mol. The molecular formula is C20H26O6. The molecule has 6 nitrogen and oxygen atoms in total. The summed E-state index contributed by atoms with van der Waals surface area (Å²) in [4.78, 5) is 24.8. The zero-order valence-electron chi connectivity index (χ0n) is 15.7. The molecule has 7 atom stereocenters. The smallest absolute Gasteiger partial charge is 0.341 e. The van der Waals surface area contributed by atoms with Crippen LogP contribution in [0.3, 0.4) is 0 Å². The Bertz CT molecular complexity index is 711. The number of hydrogen-bond acceptors (Lipinski definition) is 6. The van der Waals surface area contributed by atoms with Crippen molar-refractivity contribution in [3.05, 3.63) is 23.8 Å². The minimum atomic E-state index is -0.911. The van der Waals surface area contributed by atoms with Gasteiger partial charge in [-0.25, -0.2) is 9.59 Å². The first-order valence-corrected chi connectivity index (χ1v) is 9.28. The van der Waals surface area contributed by atoms with Gasteiger partial charge in [-0.15, -0.1) is 0 Å². The minimum Gasteiger partial charge on any atom is -0.459 e. The van der Waals surface area contributed by atoms with Gasteiger partial charge in [-0.3, -0.25) is 0 Å². The first kappa shape index (κ1) is 17.7. The standard InChI is InChI=1S/C20H26O6/c1-10-6-7-15-19(4,26-15)9-14(24-18(22)20(5)12(3)25-20)16-11(2)17(21)23-13(16)8-10/h8,12-16H,2,6-7,9H2,1,3-5H3. The lowest BCUT2D eigenvalue weighted by molar-refractivity contribution is -0.159. The van der Waals surface area contributed by atoms with Gasteiger partial charge in [0.15, 0.2) is 5.60 Å². The van der Waals surface area contributed by atoms with Crippen molar-refractivity contribution < 1.29 is 28.5 Å². The number of allylic oxidation sites excluding steroid dienone is 1. The molecule has 0 aromatic rings. The summed E-state index contributed by atoms with van der Waals surface area (Å²) in [6.45, 7) is 11.5. The molecule has 0 N–H and O–H groups in total. The summed E-state index contributed by atoms with van der Waals surface area (Å²) in [5, 5.41) is 0. The fraction of sp³-hybridized carbons (Fsp3) is 0.700. The summed E-state index contributed by atoms with van der Waals surface area (Å²) >= 11 is 0. The molecule has 0 amide bonds. The average Bonchev–Trinajstić information content (AvgIpc) is 3.36. The van der Waals surface area contributed by atoms with Crippen LogP contribution in [-0.2, 0) is 28.5 Å². The van der Waals surface area contributed by atoms with Crippen molar-refractivity contribution in [1.29, 1.82) is 0 Å². The summed E-state index contributed by atoms with van der Waals surface area (Å²) in [7, 11) is 0. The molecule has 0 bridgehead atoms. The number of ether oxygens (including phenoxy) is 4. The summed E-state index contributed by atoms with van der Waals surface area (Å²) in [5.74, 6) is -1.23. The van der Waals surface area contributed by atoms with Gasteiger partial charge in [-0.1, -0.05) is 12.2 Å². The van der Waals surface area contributed by atoms with E-state index in [1.807, 2.05) is 26.8 Å². The zero-order chi connectivity index (χ0) is 18.9. The Labute approximate surface area is 153 Å². The summed E-state index contributed by atoms with van der Waals surface area (Å²) < 4.78 is 22.7. The molecule has 0 aromatic heterocycles. The van der Waals surface area contributed by atoms with Crippen LogP contribution in [0.25, 0.3) is 0 Å². The molecule has 7 unspecified atom stereocenters. The molecule has 142 valence electrons. The Kier molecular flexibility index (Phi) is 3.87. The summed E-state index contributed by atoms with van der Waals surface area (Å²) in [6.07, 6.45) is 3.24. The lowest BCUT2D eigenvalue weighted by Crippen LogP contribution is -2.40. The Balaban J connectivity index is 1.65. The molecule has 1 aliphatic carbocycles. The van der Waals surface area contributed by atoms with E-state index in [1.165, 1.54) is 0 Å². The highest BCUT2D eigenvalue weighted by Crippen LogP contribution is 2.48. The largest absolute Gasteiger partial charge is 0.459 e. The van der Waals surface area contributed by atoms with Crippen molar-refractivity contribution in [3.63, 3.8) is 0 Å². The molecule has 3 aliphatic heterocycles. The van der Waals surface area contributed by atoms with E-state index in [0.29, 0.717) is 12.0 Å². The molecule has 0 saturated carbocycles. The third-order valence-corrected chi connectivity index (χ3v) is 6.36. The third-order valence-electron chi connectivity index (χ3n) is 6.36. The highest BCUT2D eigenvalue weighted by atomic mass is 16.7. The van der Waals surface area contributed by atoms with Crippen LogP contribution in [0.1, 0.15) is 47.0 Å². The minimum absolute atomic E-state index is 0.140. The van der Waals surface area contributed by atoms with Gasteiger partial charge in [0.05, 0.1) is 23.7 Å². The third kappa shape index (κ3) is 2.79. The normalized spacial score (nSPS) is 47.2.